The lowest BCUT2D eigenvalue weighted by molar-refractivity contribution is -0.375. The van der Waals surface area contributed by atoms with Gasteiger partial charge in [0.05, 0.1) is 50.3 Å². The van der Waals surface area contributed by atoms with Crippen LogP contribution in [0.5, 0.6) is 0 Å². The number of carboxylic acids is 1. The van der Waals surface area contributed by atoms with E-state index >= 15 is 0 Å². The monoisotopic (exact) mass is 1150 g/mol. The second-order valence-corrected chi connectivity index (χ2v) is 22.3. The van der Waals surface area contributed by atoms with E-state index in [0.717, 1.165) is 0 Å². The van der Waals surface area contributed by atoms with E-state index in [4.69, 9.17) is 51.7 Å². The van der Waals surface area contributed by atoms with Crippen molar-refractivity contribution in [3.8, 4) is 0 Å². The minimum absolute atomic E-state index is 0.830. The lowest BCUT2D eigenvalue weighted by Crippen LogP contribution is -2.65. The Morgan fingerprint density at radius 2 is 0.932 bits per heavy atom. The predicted octanol–water partition coefficient (Wildman–Crippen LogP) is -4.35. The number of ether oxygens (including phenoxy) is 9. The summed E-state index contributed by atoms with van der Waals surface area (Å²) in [6, 6.07) is 0. The van der Waals surface area contributed by atoms with Gasteiger partial charge in [0, 0.05) is 23.7 Å². The van der Waals surface area contributed by atoms with Gasteiger partial charge in [-0.2, -0.15) is 33.7 Å². The second kappa shape index (κ2) is 24.3. The van der Waals surface area contributed by atoms with Crippen molar-refractivity contribution in [2.75, 3.05) is 19.8 Å². The molecule has 5 rings (SSSR count). The quantitative estimate of drug-likeness (QED) is 0.0384. The summed E-state index contributed by atoms with van der Waals surface area (Å²) in [5.74, 6) is -6.77. The van der Waals surface area contributed by atoms with E-state index in [2.05, 4.69) is 21.9 Å². The standard InChI is InChI=1S/C35H59NO33S4/c1-10-11(2)32(66-27-23(41)28(69-73(54,55)56)35(68-30(27)36-44)64-25-18(9-59-72(51,52)53)60-15(6)12(3)20(25)38)62-17(8-58-71(48,49)50)24(10)63-34-22(40)21(39)26(29(67-34)31(42)43)65-33-14(5)19(37)13(4)16(61-33)7-57-70(45,46)47/h10-30,32-35,37-41H,7-9H2,1-6H3,(H,42,43)(H,45,46,47)(H,48,49,50)(H,51,52,53)(H,54,55,56)/t10-,11?,12?,13-,14?,15-,16?,17?,18?,19+,20-,21-,22?,23?,24+,25-,26+,27+,28?,29?,30-,32-,33-,34-,35-/m1/s1. The summed E-state index contributed by atoms with van der Waals surface area (Å²) in [6.07, 6.45) is -38.0. The number of nitrogens with zero attached hydrogens (tertiary/aromatic N) is 1. The zero-order valence-electron chi connectivity index (χ0n) is 39.0. The molecule has 5 saturated heterocycles. The Hall–Kier alpha value is -2.01. The Morgan fingerprint density at radius 1 is 0.452 bits per heavy atom. The summed E-state index contributed by atoms with van der Waals surface area (Å²) < 4.78 is 200. The number of carbonyl (C=O) groups is 1. The zero-order valence-corrected chi connectivity index (χ0v) is 42.3. The van der Waals surface area contributed by atoms with Gasteiger partial charge in [0.15, 0.2) is 37.4 Å². The van der Waals surface area contributed by atoms with Crippen LogP contribution in [0.2, 0.25) is 0 Å². The average Bonchev–Trinajstić information content (AvgIpc) is 3.27. The van der Waals surface area contributed by atoms with Crippen molar-refractivity contribution in [1.82, 2.24) is 0 Å². The fourth-order valence-electron chi connectivity index (χ4n) is 8.74. The summed E-state index contributed by atoms with van der Waals surface area (Å²) in [5, 5.41) is 69.2. The Bertz CT molecular complexity index is 2330. The lowest BCUT2D eigenvalue weighted by Gasteiger charge is -2.50. The third kappa shape index (κ3) is 15.8. The molecular weight excluding hydrogens is 1090 g/mol. The topological polar surface area (TPSA) is 505 Å². The summed E-state index contributed by atoms with van der Waals surface area (Å²) in [6.45, 7) is 5.42. The highest BCUT2D eigenvalue weighted by atomic mass is 32.3. The number of carboxylic acid groups (broad SMARTS) is 1. The van der Waals surface area contributed by atoms with Crippen molar-refractivity contribution in [2.45, 2.75) is 164 Å². The number of rotatable bonds is 21. The van der Waals surface area contributed by atoms with Crippen LogP contribution in [0.25, 0.3) is 0 Å². The van der Waals surface area contributed by atoms with E-state index in [9.17, 15) is 83.1 Å². The van der Waals surface area contributed by atoms with Gasteiger partial charge < -0.3 is 73.3 Å². The van der Waals surface area contributed by atoms with Gasteiger partial charge >= 0.3 is 47.6 Å². The summed E-state index contributed by atoms with van der Waals surface area (Å²) in [5.41, 5.74) is 0. The zero-order chi connectivity index (χ0) is 55.0. The second-order valence-electron chi connectivity index (χ2n) is 18.0. The van der Waals surface area contributed by atoms with Crippen molar-refractivity contribution in [3.05, 3.63) is 4.91 Å². The van der Waals surface area contributed by atoms with Crippen LogP contribution in [-0.2, 0) is 106 Å². The molecule has 25 atom stereocenters. The molecule has 34 nitrogen and oxygen atoms in total. The maximum Gasteiger partial charge on any atom is 0.397 e. The maximum absolute atomic E-state index is 12.6. The first-order valence-corrected chi connectivity index (χ1v) is 27.3. The van der Waals surface area contributed by atoms with Crippen LogP contribution in [0.4, 0.5) is 0 Å². The number of hydrogen-bond acceptors (Lipinski definition) is 29. The van der Waals surface area contributed by atoms with Crippen LogP contribution < -0.4 is 0 Å². The van der Waals surface area contributed by atoms with Crippen molar-refractivity contribution < 1.29 is 147 Å². The molecule has 0 saturated carbocycles. The average molecular weight is 1150 g/mol. The Labute approximate surface area is 417 Å². The highest BCUT2D eigenvalue weighted by Crippen LogP contribution is 2.41. The molecule has 5 aliphatic rings. The molecule has 0 radical (unpaired) electrons. The van der Waals surface area contributed by atoms with Crippen molar-refractivity contribution in [3.63, 3.8) is 0 Å². The predicted molar refractivity (Wildman–Crippen MR) is 227 cm³/mol. The van der Waals surface area contributed by atoms with Crippen molar-refractivity contribution in [1.29, 1.82) is 0 Å². The fraction of sp³-hybridized carbons (Fsp3) is 0.971. The molecule has 5 heterocycles. The van der Waals surface area contributed by atoms with E-state index in [1.54, 1.807) is 0 Å². The third-order valence-corrected chi connectivity index (χ3v) is 14.9. The van der Waals surface area contributed by atoms with Gasteiger partial charge in [0.1, 0.15) is 48.8 Å². The number of aliphatic hydroxyl groups is 5. The summed E-state index contributed by atoms with van der Waals surface area (Å²) in [7, 11) is -21.0. The Kier molecular flexibility index (Phi) is 20.6. The first-order chi connectivity index (χ1) is 33.5. The SMILES string of the molecule is CC1[C@@H](O[C@H]2C(O)C(OS(=O)(=O)O)[C@H](O[C@@H]3C(COS(=O)(=O)O)O[C@H](C)C(C)[C@H]3O)O[C@H]2N=O)OC(COS(=O)(=O)O)[C@@H](O[C@@H]2OC(C(=O)O)[C@@H](O[C@H]3OC(COS(=O)(=O)O)[C@@H](C)[C@H](O)C3C)[C@H](O)C2O)[C@@H]1C. The molecule has 0 bridgehead atoms. The lowest BCUT2D eigenvalue weighted by atomic mass is 9.84. The third-order valence-electron chi connectivity index (χ3n) is 13.2. The molecule has 0 aromatic carbocycles. The molecule has 5 fully saturated rings. The van der Waals surface area contributed by atoms with Gasteiger partial charge in [-0.1, -0.05) is 34.6 Å². The molecule has 73 heavy (non-hydrogen) atoms. The molecule has 38 heteroatoms. The van der Waals surface area contributed by atoms with Crippen LogP contribution >= 0.6 is 0 Å². The van der Waals surface area contributed by atoms with Gasteiger partial charge in [-0.15, -0.1) is 4.91 Å². The fourth-order valence-corrected chi connectivity index (χ4v) is 10.1. The minimum atomic E-state index is -5.60. The minimum Gasteiger partial charge on any atom is -0.479 e. The van der Waals surface area contributed by atoms with Gasteiger partial charge in [0.2, 0.25) is 6.23 Å². The van der Waals surface area contributed by atoms with E-state index in [1.165, 1.54) is 41.5 Å². The highest BCUT2D eigenvalue weighted by Gasteiger charge is 2.57. The summed E-state index contributed by atoms with van der Waals surface area (Å²) >= 11 is 0. The number of hydrogen-bond donors (Lipinski definition) is 10. The molecule has 10 unspecified atom stereocenters. The van der Waals surface area contributed by atoms with Crippen LogP contribution in [0.3, 0.4) is 0 Å². The molecule has 0 aromatic rings. The highest BCUT2D eigenvalue weighted by molar-refractivity contribution is 7.81. The van der Waals surface area contributed by atoms with Gasteiger partial charge in [0.25, 0.3) is 0 Å². The largest absolute Gasteiger partial charge is 0.479 e. The van der Waals surface area contributed by atoms with Crippen LogP contribution in [0.15, 0.2) is 5.18 Å². The molecule has 426 valence electrons. The molecule has 5 aliphatic heterocycles. The Balaban J connectivity index is 1.37. The number of nitroso groups, excluding NO2 is 1. The Morgan fingerprint density at radius 3 is 1.45 bits per heavy atom. The van der Waals surface area contributed by atoms with Crippen molar-refractivity contribution in [2.24, 2.45) is 34.8 Å². The van der Waals surface area contributed by atoms with Gasteiger partial charge in [-0.05, 0) is 18.0 Å². The van der Waals surface area contributed by atoms with Gasteiger partial charge in [-0.3, -0.25) is 18.2 Å². The van der Waals surface area contributed by atoms with E-state index < -0.39 is 220 Å². The molecule has 0 aliphatic carbocycles. The molecule has 0 spiro atoms. The van der Waals surface area contributed by atoms with E-state index in [-0.39, 0.29) is 0 Å². The molecular formula is C35H59NO33S4. The first kappa shape index (κ1) is 61.8. The summed E-state index contributed by atoms with van der Waals surface area (Å²) in [4.78, 5) is 25.0. The first-order valence-electron chi connectivity index (χ1n) is 21.9. The van der Waals surface area contributed by atoms with E-state index in [0.29, 0.717) is 0 Å². The van der Waals surface area contributed by atoms with Crippen LogP contribution in [-0.4, -0.2) is 231 Å². The number of aliphatic carboxylic acids is 1. The maximum atomic E-state index is 12.6. The smallest absolute Gasteiger partial charge is 0.397 e. The molecule has 0 aromatic heterocycles. The molecule has 10 N–H and O–H groups in total. The molecule has 0 amide bonds. The van der Waals surface area contributed by atoms with Crippen LogP contribution in [0.1, 0.15) is 41.5 Å². The van der Waals surface area contributed by atoms with E-state index in [1.807, 2.05) is 0 Å². The van der Waals surface area contributed by atoms with Gasteiger partial charge in [-0.25, -0.2) is 21.5 Å². The normalized spacial score (nSPS) is 44.3. The van der Waals surface area contributed by atoms with Crippen LogP contribution in [0, 0.1) is 34.5 Å². The number of aliphatic hydroxyl groups excluding tert-OH is 5. The van der Waals surface area contributed by atoms with Crippen molar-refractivity contribution >= 4 is 47.6 Å².